The number of nitrogens with one attached hydrogen (secondary N) is 1. The third-order valence-corrected chi connectivity index (χ3v) is 4.09. The monoisotopic (exact) mass is 276 g/mol. The SMILES string of the molecule is CCCNC(C)c1ccc(OC2CCCC(C)C2)cn1. The van der Waals surface area contributed by atoms with E-state index in [1.165, 1.54) is 25.7 Å². The minimum absolute atomic E-state index is 0.304. The lowest BCUT2D eigenvalue weighted by Gasteiger charge is -2.27. The summed E-state index contributed by atoms with van der Waals surface area (Å²) in [5.74, 6) is 1.70. The zero-order valence-electron chi connectivity index (χ0n) is 13.1. The summed E-state index contributed by atoms with van der Waals surface area (Å²) in [4.78, 5) is 4.53. The van der Waals surface area contributed by atoms with Crippen molar-refractivity contribution >= 4 is 0 Å². The van der Waals surface area contributed by atoms with Gasteiger partial charge in [0, 0.05) is 6.04 Å². The van der Waals surface area contributed by atoms with Crippen molar-refractivity contribution in [2.75, 3.05) is 6.54 Å². The molecule has 3 unspecified atom stereocenters. The summed E-state index contributed by atoms with van der Waals surface area (Å²) in [5, 5.41) is 3.45. The maximum absolute atomic E-state index is 6.06. The molecule has 1 saturated carbocycles. The molecule has 1 aromatic heterocycles. The molecule has 0 aromatic carbocycles. The summed E-state index contributed by atoms with van der Waals surface area (Å²) in [7, 11) is 0. The highest BCUT2D eigenvalue weighted by Gasteiger charge is 2.20. The zero-order chi connectivity index (χ0) is 14.4. The average Bonchev–Trinajstić information content (AvgIpc) is 2.45. The third-order valence-electron chi connectivity index (χ3n) is 4.09. The molecule has 3 atom stereocenters. The summed E-state index contributed by atoms with van der Waals surface area (Å²) in [6, 6.07) is 4.44. The van der Waals surface area contributed by atoms with Crippen LogP contribution in [0.3, 0.4) is 0 Å². The number of ether oxygens (including phenoxy) is 1. The second-order valence-corrected chi connectivity index (χ2v) is 6.11. The Labute approximate surface area is 123 Å². The van der Waals surface area contributed by atoms with Crippen molar-refractivity contribution < 1.29 is 4.74 Å². The quantitative estimate of drug-likeness (QED) is 0.849. The fourth-order valence-corrected chi connectivity index (χ4v) is 2.86. The molecule has 1 heterocycles. The van der Waals surface area contributed by atoms with Crippen LogP contribution in [0.15, 0.2) is 18.3 Å². The summed E-state index contributed by atoms with van der Waals surface area (Å²) in [6.07, 6.45) is 8.38. The highest BCUT2D eigenvalue weighted by molar-refractivity contribution is 5.21. The minimum Gasteiger partial charge on any atom is -0.489 e. The molecule has 1 aliphatic rings. The third kappa shape index (κ3) is 4.48. The number of nitrogens with zero attached hydrogens (tertiary/aromatic N) is 1. The molecular weight excluding hydrogens is 248 g/mol. The van der Waals surface area contributed by atoms with E-state index in [4.69, 9.17) is 4.74 Å². The molecular formula is C17H28N2O. The molecule has 1 aromatic rings. The smallest absolute Gasteiger partial charge is 0.138 e. The Kier molecular flexibility index (Phi) is 5.84. The van der Waals surface area contributed by atoms with Gasteiger partial charge in [-0.1, -0.05) is 20.3 Å². The van der Waals surface area contributed by atoms with E-state index in [-0.39, 0.29) is 0 Å². The van der Waals surface area contributed by atoms with Crippen LogP contribution in [-0.2, 0) is 0 Å². The highest BCUT2D eigenvalue weighted by atomic mass is 16.5. The van der Waals surface area contributed by atoms with Crippen molar-refractivity contribution in [2.45, 2.75) is 65.0 Å². The summed E-state index contributed by atoms with van der Waals surface area (Å²) < 4.78 is 6.06. The lowest BCUT2D eigenvalue weighted by Crippen LogP contribution is -2.24. The van der Waals surface area contributed by atoms with Gasteiger partial charge in [0.1, 0.15) is 5.75 Å². The maximum atomic E-state index is 6.06. The van der Waals surface area contributed by atoms with E-state index < -0.39 is 0 Å². The van der Waals surface area contributed by atoms with Gasteiger partial charge in [0.05, 0.1) is 18.0 Å². The molecule has 0 radical (unpaired) electrons. The number of hydrogen-bond donors (Lipinski definition) is 1. The zero-order valence-corrected chi connectivity index (χ0v) is 13.1. The Morgan fingerprint density at radius 1 is 1.40 bits per heavy atom. The van der Waals surface area contributed by atoms with Crippen molar-refractivity contribution in [1.82, 2.24) is 10.3 Å². The predicted molar refractivity (Wildman–Crippen MR) is 83.0 cm³/mol. The van der Waals surface area contributed by atoms with Gasteiger partial charge >= 0.3 is 0 Å². The van der Waals surface area contributed by atoms with Crippen LogP contribution in [0.4, 0.5) is 0 Å². The summed E-state index contributed by atoms with van der Waals surface area (Å²) in [6.45, 7) is 7.68. The molecule has 0 amide bonds. The summed E-state index contributed by atoms with van der Waals surface area (Å²) in [5.41, 5.74) is 1.09. The molecule has 112 valence electrons. The van der Waals surface area contributed by atoms with Gasteiger partial charge in [0.2, 0.25) is 0 Å². The van der Waals surface area contributed by atoms with E-state index >= 15 is 0 Å². The molecule has 1 aliphatic carbocycles. The van der Waals surface area contributed by atoms with Crippen LogP contribution in [0, 0.1) is 5.92 Å². The van der Waals surface area contributed by atoms with Gasteiger partial charge in [-0.15, -0.1) is 0 Å². The molecule has 0 spiro atoms. The van der Waals surface area contributed by atoms with Gasteiger partial charge in [-0.3, -0.25) is 4.98 Å². The maximum Gasteiger partial charge on any atom is 0.138 e. The molecule has 0 aliphatic heterocycles. The van der Waals surface area contributed by atoms with Crippen LogP contribution < -0.4 is 10.1 Å². The Morgan fingerprint density at radius 3 is 2.90 bits per heavy atom. The van der Waals surface area contributed by atoms with E-state index in [0.29, 0.717) is 12.1 Å². The molecule has 20 heavy (non-hydrogen) atoms. The van der Waals surface area contributed by atoms with E-state index in [9.17, 15) is 0 Å². The summed E-state index contributed by atoms with van der Waals surface area (Å²) >= 11 is 0. The van der Waals surface area contributed by atoms with Gasteiger partial charge in [-0.05, 0) is 57.2 Å². The van der Waals surface area contributed by atoms with Crippen LogP contribution in [-0.4, -0.2) is 17.6 Å². The van der Waals surface area contributed by atoms with E-state index in [1.807, 2.05) is 6.20 Å². The van der Waals surface area contributed by atoms with Crippen molar-refractivity contribution in [3.8, 4) is 5.75 Å². The first-order valence-electron chi connectivity index (χ1n) is 8.05. The predicted octanol–water partition coefficient (Wildman–Crippen LogP) is 4.10. The molecule has 1 N–H and O–H groups in total. The minimum atomic E-state index is 0.304. The van der Waals surface area contributed by atoms with Crippen LogP contribution >= 0.6 is 0 Å². The van der Waals surface area contributed by atoms with Crippen molar-refractivity contribution in [3.05, 3.63) is 24.0 Å². The van der Waals surface area contributed by atoms with Gasteiger partial charge in [0.25, 0.3) is 0 Å². The molecule has 0 bridgehead atoms. The molecule has 2 rings (SSSR count). The van der Waals surface area contributed by atoms with Gasteiger partial charge < -0.3 is 10.1 Å². The van der Waals surface area contributed by atoms with Crippen LogP contribution in [0.2, 0.25) is 0 Å². The second-order valence-electron chi connectivity index (χ2n) is 6.11. The Hall–Kier alpha value is -1.09. The largest absolute Gasteiger partial charge is 0.489 e. The Balaban J connectivity index is 1.87. The lowest BCUT2D eigenvalue weighted by molar-refractivity contribution is 0.128. The van der Waals surface area contributed by atoms with Crippen LogP contribution in [0.5, 0.6) is 5.75 Å². The van der Waals surface area contributed by atoms with Gasteiger partial charge in [-0.2, -0.15) is 0 Å². The number of aromatic nitrogens is 1. The molecule has 1 fully saturated rings. The standard InChI is InChI=1S/C17H28N2O/c1-4-10-18-14(3)17-9-8-16(12-19-17)20-15-7-5-6-13(2)11-15/h8-9,12-15,18H,4-7,10-11H2,1-3H3. The molecule has 3 heteroatoms. The molecule has 3 nitrogen and oxygen atoms in total. The Morgan fingerprint density at radius 2 is 2.25 bits per heavy atom. The van der Waals surface area contributed by atoms with E-state index in [1.54, 1.807) is 0 Å². The van der Waals surface area contributed by atoms with Crippen molar-refractivity contribution in [3.63, 3.8) is 0 Å². The van der Waals surface area contributed by atoms with Crippen LogP contribution in [0.1, 0.15) is 64.6 Å². The number of rotatable bonds is 6. The number of hydrogen-bond acceptors (Lipinski definition) is 3. The van der Waals surface area contributed by atoms with Crippen LogP contribution in [0.25, 0.3) is 0 Å². The highest BCUT2D eigenvalue weighted by Crippen LogP contribution is 2.27. The fourth-order valence-electron chi connectivity index (χ4n) is 2.86. The first-order valence-corrected chi connectivity index (χ1v) is 8.05. The van der Waals surface area contributed by atoms with Crippen molar-refractivity contribution in [2.24, 2.45) is 5.92 Å². The molecule has 0 saturated heterocycles. The van der Waals surface area contributed by atoms with Crippen molar-refractivity contribution in [1.29, 1.82) is 0 Å². The van der Waals surface area contributed by atoms with E-state index in [2.05, 4.69) is 43.2 Å². The van der Waals surface area contributed by atoms with Gasteiger partial charge in [0.15, 0.2) is 0 Å². The topological polar surface area (TPSA) is 34.1 Å². The first-order chi connectivity index (χ1) is 9.69. The van der Waals surface area contributed by atoms with E-state index in [0.717, 1.165) is 30.3 Å². The Bertz CT molecular complexity index is 390. The fraction of sp³-hybridized carbons (Fsp3) is 0.706. The average molecular weight is 276 g/mol. The number of pyridine rings is 1. The lowest BCUT2D eigenvalue weighted by atomic mass is 9.89. The van der Waals surface area contributed by atoms with Gasteiger partial charge in [-0.25, -0.2) is 0 Å². The first kappa shape index (κ1) is 15.3. The normalized spacial score (nSPS) is 24.4. The second kappa shape index (κ2) is 7.63.